The molecule has 2 heterocycles. The average molecular weight is 271 g/mol. The highest BCUT2D eigenvalue weighted by molar-refractivity contribution is 5.34. The zero-order valence-corrected chi connectivity index (χ0v) is 12.1. The van der Waals surface area contributed by atoms with Crippen LogP contribution < -0.4 is 5.32 Å². The van der Waals surface area contributed by atoms with E-state index in [2.05, 4.69) is 42.5 Å². The van der Waals surface area contributed by atoms with Gasteiger partial charge in [-0.05, 0) is 31.4 Å². The van der Waals surface area contributed by atoms with Crippen LogP contribution in [-0.4, -0.2) is 29.5 Å². The van der Waals surface area contributed by atoms with Crippen LogP contribution in [0.4, 0.5) is 5.82 Å². The van der Waals surface area contributed by atoms with Crippen molar-refractivity contribution in [1.82, 2.24) is 9.78 Å². The molecule has 0 unspecified atom stereocenters. The molecule has 0 spiro atoms. The average Bonchev–Trinajstić information content (AvgIpc) is 2.78. The van der Waals surface area contributed by atoms with Crippen LogP contribution in [0.3, 0.4) is 0 Å². The molecule has 106 valence electrons. The van der Waals surface area contributed by atoms with E-state index in [4.69, 9.17) is 4.74 Å². The molecule has 1 aromatic carbocycles. The number of ether oxygens (including phenoxy) is 1. The molecule has 1 fully saturated rings. The molecule has 0 aliphatic carbocycles. The fourth-order valence-electron chi connectivity index (χ4n) is 2.46. The second-order valence-corrected chi connectivity index (χ2v) is 5.48. The molecule has 0 radical (unpaired) electrons. The highest BCUT2D eigenvalue weighted by atomic mass is 16.5. The van der Waals surface area contributed by atoms with Crippen LogP contribution in [0.25, 0.3) is 0 Å². The lowest BCUT2D eigenvalue weighted by Crippen LogP contribution is -2.30. The van der Waals surface area contributed by atoms with Crippen LogP contribution in [0.1, 0.15) is 22.7 Å². The van der Waals surface area contributed by atoms with Gasteiger partial charge in [-0.2, -0.15) is 5.10 Å². The third-order valence-electron chi connectivity index (χ3n) is 3.80. The van der Waals surface area contributed by atoms with Crippen molar-refractivity contribution in [3.63, 3.8) is 0 Å². The van der Waals surface area contributed by atoms with Gasteiger partial charge >= 0.3 is 0 Å². The minimum atomic E-state index is 0.421. The van der Waals surface area contributed by atoms with E-state index in [1.54, 1.807) is 0 Å². The lowest BCUT2D eigenvalue weighted by atomic mass is 10.0. The van der Waals surface area contributed by atoms with E-state index < -0.39 is 0 Å². The first-order valence-corrected chi connectivity index (χ1v) is 7.15. The number of aromatic nitrogens is 2. The van der Waals surface area contributed by atoms with Crippen LogP contribution in [-0.2, 0) is 11.2 Å². The SMILES string of the molecule is Cc1ccc(CCNc2ccn(C3COC3)n2)c(C)c1. The molecular weight excluding hydrogens is 250 g/mol. The monoisotopic (exact) mass is 271 g/mol. The quantitative estimate of drug-likeness (QED) is 0.909. The van der Waals surface area contributed by atoms with Crippen molar-refractivity contribution < 1.29 is 4.74 Å². The molecule has 1 aliphatic heterocycles. The number of hydrogen-bond donors (Lipinski definition) is 1. The first kappa shape index (κ1) is 13.2. The van der Waals surface area contributed by atoms with Gasteiger partial charge < -0.3 is 10.1 Å². The van der Waals surface area contributed by atoms with Crippen LogP contribution in [0, 0.1) is 13.8 Å². The molecule has 4 heteroatoms. The fourth-order valence-corrected chi connectivity index (χ4v) is 2.46. The smallest absolute Gasteiger partial charge is 0.148 e. The van der Waals surface area contributed by atoms with Crippen molar-refractivity contribution in [2.75, 3.05) is 25.1 Å². The van der Waals surface area contributed by atoms with Crippen molar-refractivity contribution in [2.45, 2.75) is 26.3 Å². The zero-order valence-electron chi connectivity index (χ0n) is 12.1. The maximum Gasteiger partial charge on any atom is 0.148 e. The highest BCUT2D eigenvalue weighted by Crippen LogP contribution is 2.17. The van der Waals surface area contributed by atoms with Crippen molar-refractivity contribution in [2.24, 2.45) is 0 Å². The summed E-state index contributed by atoms with van der Waals surface area (Å²) in [4.78, 5) is 0. The Balaban J connectivity index is 1.53. The van der Waals surface area contributed by atoms with Crippen LogP contribution in [0.5, 0.6) is 0 Å². The van der Waals surface area contributed by atoms with Gasteiger partial charge in [-0.25, -0.2) is 0 Å². The normalized spacial score (nSPS) is 15.1. The highest BCUT2D eigenvalue weighted by Gasteiger charge is 2.20. The second kappa shape index (κ2) is 5.67. The van der Waals surface area contributed by atoms with E-state index in [0.29, 0.717) is 6.04 Å². The van der Waals surface area contributed by atoms with E-state index in [1.807, 2.05) is 16.9 Å². The van der Waals surface area contributed by atoms with Gasteiger partial charge in [0.2, 0.25) is 0 Å². The molecular formula is C16H21N3O. The Hall–Kier alpha value is -1.81. The van der Waals surface area contributed by atoms with Gasteiger partial charge in [0.05, 0.1) is 19.3 Å². The Labute approximate surface area is 119 Å². The number of benzene rings is 1. The molecule has 2 aromatic rings. The Bertz CT molecular complexity index is 587. The molecule has 3 rings (SSSR count). The number of nitrogens with one attached hydrogen (secondary N) is 1. The number of hydrogen-bond acceptors (Lipinski definition) is 3. The number of anilines is 1. The van der Waals surface area contributed by atoms with Crippen LogP contribution in [0.2, 0.25) is 0 Å². The summed E-state index contributed by atoms with van der Waals surface area (Å²) in [5, 5.41) is 7.91. The molecule has 0 atom stereocenters. The summed E-state index contributed by atoms with van der Waals surface area (Å²) in [6, 6.07) is 9.08. The molecule has 1 saturated heterocycles. The van der Waals surface area contributed by atoms with E-state index in [-0.39, 0.29) is 0 Å². The number of nitrogens with zero attached hydrogens (tertiary/aromatic N) is 2. The van der Waals surface area contributed by atoms with Crippen molar-refractivity contribution in [3.05, 3.63) is 47.2 Å². The molecule has 1 aliphatic rings. The molecule has 0 bridgehead atoms. The van der Waals surface area contributed by atoms with Gasteiger partial charge in [0.1, 0.15) is 5.82 Å². The lowest BCUT2D eigenvalue weighted by molar-refractivity contribution is -0.0285. The predicted molar refractivity (Wildman–Crippen MR) is 80.2 cm³/mol. The van der Waals surface area contributed by atoms with E-state index in [0.717, 1.165) is 32.0 Å². The van der Waals surface area contributed by atoms with Gasteiger partial charge in [-0.15, -0.1) is 0 Å². The third-order valence-corrected chi connectivity index (χ3v) is 3.80. The fraction of sp³-hybridized carbons (Fsp3) is 0.438. The largest absolute Gasteiger partial charge is 0.377 e. The third kappa shape index (κ3) is 2.85. The minimum Gasteiger partial charge on any atom is -0.377 e. The maximum absolute atomic E-state index is 5.18. The van der Waals surface area contributed by atoms with Gasteiger partial charge in [0.25, 0.3) is 0 Å². The summed E-state index contributed by atoms with van der Waals surface area (Å²) < 4.78 is 7.17. The first-order valence-electron chi connectivity index (χ1n) is 7.15. The summed E-state index contributed by atoms with van der Waals surface area (Å²) in [6.45, 7) is 6.77. The Morgan fingerprint density at radius 3 is 2.85 bits per heavy atom. The summed E-state index contributed by atoms with van der Waals surface area (Å²) in [5.74, 6) is 0.946. The topological polar surface area (TPSA) is 39.1 Å². The Morgan fingerprint density at radius 1 is 1.30 bits per heavy atom. The maximum atomic E-state index is 5.18. The lowest BCUT2D eigenvalue weighted by Gasteiger charge is -2.25. The van der Waals surface area contributed by atoms with Crippen molar-refractivity contribution in [3.8, 4) is 0 Å². The van der Waals surface area contributed by atoms with Gasteiger partial charge in [-0.1, -0.05) is 23.8 Å². The summed E-state index contributed by atoms with van der Waals surface area (Å²) in [6.07, 6.45) is 3.04. The summed E-state index contributed by atoms with van der Waals surface area (Å²) >= 11 is 0. The van der Waals surface area contributed by atoms with E-state index >= 15 is 0 Å². The molecule has 4 nitrogen and oxygen atoms in total. The number of rotatable bonds is 5. The summed E-state index contributed by atoms with van der Waals surface area (Å²) in [5.41, 5.74) is 4.08. The number of aryl methyl sites for hydroxylation is 2. The molecule has 0 saturated carbocycles. The van der Waals surface area contributed by atoms with Gasteiger partial charge in [0.15, 0.2) is 0 Å². The van der Waals surface area contributed by atoms with Gasteiger partial charge in [-0.3, -0.25) is 4.68 Å². The van der Waals surface area contributed by atoms with Gasteiger partial charge in [0, 0.05) is 18.8 Å². The zero-order chi connectivity index (χ0) is 13.9. The molecule has 1 N–H and O–H groups in total. The predicted octanol–water partition coefficient (Wildman–Crippen LogP) is 2.73. The molecule has 20 heavy (non-hydrogen) atoms. The van der Waals surface area contributed by atoms with Crippen molar-refractivity contribution >= 4 is 5.82 Å². The van der Waals surface area contributed by atoms with Crippen molar-refractivity contribution in [1.29, 1.82) is 0 Å². The molecule has 0 amide bonds. The van der Waals surface area contributed by atoms with E-state index in [1.165, 1.54) is 16.7 Å². The Morgan fingerprint density at radius 2 is 2.15 bits per heavy atom. The van der Waals surface area contributed by atoms with Crippen LogP contribution >= 0.6 is 0 Å². The van der Waals surface area contributed by atoms with E-state index in [9.17, 15) is 0 Å². The minimum absolute atomic E-state index is 0.421. The Kier molecular flexibility index (Phi) is 3.74. The van der Waals surface area contributed by atoms with Crippen LogP contribution in [0.15, 0.2) is 30.5 Å². The summed E-state index contributed by atoms with van der Waals surface area (Å²) in [7, 11) is 0. The standard InChI is InChI=1S/C16H21N3O/c1-12-3-4-14(13(2)9-12)5-7-17-16-6-8-19(18-16)15-10-20-11-15/h3-4,6,8-9,15H,5,7,10-11H2,1-2H3,(H,17,18). The second-order valence-electron chi connectivity index (χ2n) is 5.48. The molecule has 1 aromatic heterocycles. The first-order chi connectivity index (χ1) is 9.72.